The molecule has 0 bridgehead atoms. The van der Waals surface area contributed by atoms with E-state index in [0.717, 1.165) is 47.1 Å². The van der Waals surface area contributed by atoms with Crippen LogP contribution in [0.25, 0.3) is 10.9 Å². The molecule has 6 nitrogen and oxygen atoms in total. The number of nitrogens with zero attached hydrogens (tertiary/aromatic N) is 1. The van der Waals surface area contributed by atoms with Crippen LogP contribution >= 0.6 is 0 Å². The molecule has 2 aromatic rings. The summed E-state index contributed by atoms with van der Waals surface area (Å²) in [7, 11) is 1.64. The molecule has 1 aliphatic carbocycles. The minimum atomic E-state index is -1.05. The second-order valence-corrected chi connectivity index (χ2v) is 8.25. The summed E-state index contributed by atoms with van der Waals surface area (Å²) in [6.07, 6.45) is 1.58. The lowest BCUT2D eigenvalue weighted by molar-refractivity contribution is -0.125. The number of anilines is 1. The van der Waals surface area contributed by atoms with E-state index in [9.17, 15) is 9.90 Å². The third-order valence-corrected chi connectivity index (χ3v) is 5.36. The fourth-order valence-electron chi connectivity index (χ4n) is 3.65. The van der Waals surface area contributed by atoms with Gasteiger partial charge in [-0.15, -0.1) is 0 Å². The summed E-state index contributed by atoms with van der Waals surface area (Å²) >= 11 is 0. The lowest BCUT2D eigenvalue weighted by Crippen LogP contribution is -2.34. The number of fused-ring (bicyclic) bond motifs is 1. The SMILES string of the molecule is CC(O)C(=O)N(C)c1ccc2cc(C(=N)C3=C(N)CC(C)(C)CC3)[nH]c2c1. The molecule has 1 heterocycles. The number of H-pyrrole nitrogens is 1. The molecule has 5 N–H and O–H groups in total. The Kier molecular flexibility index (Phi) is 4.86. The highest BCUT2D eigenvalue weighted by atomic mass is 16.3. The van der Waals surface area contributed by atoms with Gasteiger partial charge in [0.1, 0.15) is 6.10 Å². The van der Waals surface area contributed by atoms with E-state index in [1.165, 1.54) is 11.8 Å². The number of amides is 1. The number of carbonyl (C=O) groups excluding carboxylic acids is 1. The first-order valence-electron chi connectivity index (χ1n) is 9.24. The Bertz CT molecular complexity index is 937. The Hall–Kier alpha value is -2.60. The summed E-state index contributed by atoms with van der Waals surface area (Å²) in [5.74, 6) is -0.364. The highest BCUT2D eigenvalue weighted by Gasteiger charge is 2.28. The molecule has 3 rings (SSSR count). The van der Waals surface area contributed by atoms with Gasteiger partial charge in [0.25, 0.3) is 5.91 Å². The van der Waals surface area contributed by atoms with Crippen LogP contribution in [-0.2, 0) is 4.79 Å². The van der Waals surface area contributed by atoms with Crippen LogP contribution in [0.5, 0.6) is 0 Å². The zero-order chi connectivity index (χ0) is 19.9. The van der Waals surface area contributed by atoms with E-state index >= 15 is 0 Å². The van der Waals surface area contributed by atoms with Gasteiger partial charge in [-0.05, 0) is 55.4 Å². The Labute approximate surface area is 159 Å². The fourth-order valence-corrected chi connectivity index (χ4v) is 3.65. The molecule has 27 heavy (non-hydrogen) atoms. The molecule has 0 fully saturated rings. The number of carbonyl (C=O) groups is 1. The standard InChI is InChI=1S/C21H28N4O2/c1-12(26)20(27)25(4)14-6-5-13-9-18(24-17(13)10-14)19(23)15-7-8-21(2,3)11-16(15)22/h5-6,9-10,12,23-24,26H,7-8,11,22H2,1-4H3. The summed E-state index contributed by atoms with van der Waals surface area (Å²) < 4.78 is 0. The monoisotopic (exact) mass is 368 g/mol. The number of aromatic amines is 1. The van der Waals surface area contributed by atoms with Gasteiger partial charge in [0.2, 0.25) is 0 Å². The first kappa shape index (κ1) is 19.2. The van der Waals surface area contributed by atoms with E-state index in [1.807, 2.05) is 24.3 Å². The molecule has 1 unspecified atom stereocenters. The van der Waals surface area contributed by atoms with Crippen molar-refractivity contribution in [2.45, 2.75) is 46.1 Å². The van der Waals surface area contributed by atoms with Gasteiger partial charge in [-0.3, -0.25) is 10.2 Å². The summed E-state index contributed by atoms with van der Waals surface area (Å²) in [5.41, 5.74) is 10.9. The minimum Gasteiger partial charge on any atom is -0.402 e. The predicted octanol–water partition coefficient (Wildman–Crippen LogP) is 3.30. The van der Waals surface area contributed by atoms with E-state index in [-0.39, 0.29) is 11.3 Å². The van der Waals surface area contributed by atoms with Crippen molar-refractivity contribution in [3.63, 3.8) is 0 Å². The normalized spacial score (nSPS) is 17.8. The van der Waals surface area contributed by atoms with E-state index < -0.39 is 6.10 Å². The highest BCUT2D eigenvalue weighted by molar-refractivity contribution is 6.12. The molecule has 0 saturated carbocycles. The quantitative estimate of drug-likeness (QED) is 0.622. The number of aromatic nitrogens is 1. The zero-order valence-electron chi connectivity index (χ0n) is 16.4. The van der Waals surface area contributed by atoms with Crippen LogP contribution in [0, 0.1) is 10.8 Å². The van der Waals surface area contributed by atoms with Crippen molar-refractivity contribution in [2.75, 3.05) is 11.9 Å². The molecular weight excluding hydrogens is 340 g/mol. The maximum Gasteiger partial charge on any atom is 0.255 e. The summed E-state index contributed by atoms with van der Waals surface area (Å²) in [5, 5.41) is 19.1. The minimum absolute atomic E-state index is 0.185. The average Bonchev–Trinajstić information content (AvgIpc) is 3.02. The van der Waals surface area contributed by atoms with Crippen molar-refractivity contribution in [3.8, 4) is 0 Å². The van der Waals surface area contributed by atoms with Gasteiger partial charge < -0.3 is 20.7 Å². The smallest absolute Gasteiger partial charge is 0.255 e. The molecule has 0 saturated heterocycles. The maximum atomic E-state index is 12.0. The predicted molar refractivity (Wildman–Crippen MR) is 109 cm³/mol. The number of nitrogens with two attached hydrogens (primary N) is 1. The van der Waals surface area contributed by atoms with Gasteiger partial charge in [0.15, 0.2) is 0 Å². The summed E-state index contributed by atoms with van der Waals surface area (Å²) in [4.78, 5) is 16.7. The summed E-state index contributed by atoms with van der Waals surface area (Å²) in [6, 6.07) is 7.54. The highest BCUT2D eigenvalue weighted by Crippen LogP contribution is 2.38. The molecule has 0 radical (unpaired) electrons. The number of benzene rings is 1. The van der Waals surface area contributed by atoms with E-state index in [2.05, 4.69) is 18.8 Å². The van der Waals surface area contributed by atoms with Gasteiger partial charge in [-0.1, -0.05) is 19.9 Å². The van der Waals surface area contributed by atoms with Crippen LogP contribution in [0.4, 0.5) is 5.69 Å². The molecule has 1 aliphatic rings. The van der Waals surface area contributed by atoms with Crippen LogP contribution in [0.15, 0.2) is 35.5 Å². The lowest BCUT2D eigenvalue weighted by atomic mass is 9.75. The number of rotatable bonds is 4. The number of hydrogen-bond donors (Lipinski definition) is 4. The molecule has 0 aliphatic heterocycles. The van der Waals surface area contributed by atoms with Crippen molar-refractivity contribution >= 4 is 28.2 Å². The third kappa shape index (κ3) is 3.76. The van der Waals surface area contributed by atoms with Crippen molar-refractivity contribution in [2.24, 2.45) is 11.1 Å². The Balaban J connectivity index is 1.91. The van der Waals surface area contributed by atoms with Crippen LogP contribution in [0.1, 0.15) is 45.7 Å². The van der Waals surface area contributed by atoms with Gasteiger partial charge in [-0.2, -0.15) is 0 Å². The van der Waals surface area contributed by atoms with Crippen LogP contribution < -0.4 is 10.6 Å². The Morgan fingerprint density at radius 3 is 2.70 bits per heavy atom. The number of hydrogen-bond acceptors (Lipinski definition) is 4. The molecule has 1 aromatic carbocycles. The lowest BCUT2D eigenvalue weighted by Gasteiger charge is -2.31. The Morgan fingerprint density at radius 2 is 2.07 bits per heavy atom. The first-order valence-corrected chi connectivity index (χ1v) is 9.24. The molecule has 1 aromatic heterocycles. The fraction of sp³-hybridized carbons (Fsp3) is 0.429. The zero-order valence-corrected chi connectivity index (χ0v) is 16.4. The second kappa shape index (κ2) is 6.85. The Morgan fingerprint density at radius 1 is 1.37 bits per heavy atom. The first-order chi connectivity index (χ1) is 12.6. The van der Waals surface area contributed by atoms with E-state index in [1.54, 1.807) is 7.05 Å². The largest absolute Gasteiger partial charge is 0.402 e. The van der Waals surface area contributed by atoms with Crippen molar-refractivity contribution in [1.82, 2.24) is 4.98 Å². The number of nitrogens with one attached hydrogen (secondary N) is 2. The molecule has 144 valence electrons. The third-order valence-electron chi connectivity index (χ3n) is 5.36. The van der Waals surface area contributed by atoms with Crippen LogP contribution in [-0.4, -0.2) is 34.9 Å². The maximum absolute atomic E-state index is 12.0. The van der Waals surface area contributed by atoms with Crippen LogP contribution in [0.3, 0.4) is 0 Å². The van der Waals surface area contributed by atoms with Gasteiger partial charge in [0.05, 0.1) is 11.4 Å². The van der Waals surface area contributed by atoms with Gasteiger partial charge in [-0.25, -0.2) is 0 Å². The van der Waals surface area contributed by atoms with Crippen molar-refractivity contribution < 1.29 is 9.90 Å². The molecule has 1 atom stereocenters. The van der Waals surface area contributed by atoms with Gasteiger partial charge in [0, 0.05) is 29.3 Å². The van der Waals surface area contributed by atoms with Crippen molar-refractivity contribution in [3.05, 3.63) is 41.2 Å². The molecule has 1 amide bonds. The number of likely N-dealkylation sites (N-methyl/N-ethyl adjacent to an activating group) is 1. The van der Waals surface area contributed by atoms with E-state index in [4.69, 9.17) is 11.1 Å². The average molecular weight is 368 g/mol. The van der Waals surface area contributed by atoms with Crippen molar-refractivity contribution in [1.29, 1.82) is 5.41 Å². The second-order valence-electron chi connectivity index (χ2n) is 8.25. The molecular formula is C21H28N4O2. The topological polar surface area (TPSA) is 106 Å². The summed E-state index contributed by atoms with van der Waals surface area (Å²) in [6.45, 7) is 5.86. The number of allylic oxidation sites excluding steroid dienone is 2. The molecule has 0 spiro atoms. The molecule has 6 heteroatoms. The number of aliphatic hydroxyl groups is 1. The van der Waals surface area contributed by atoms with E-state index in [0.29, 0.717) is 11.4 Å². The van der Waals surface area contributed by atoms with Gasteiger partial charge >= 0.3 is 0 Å². The van der Waals surface area contributed by atoms with Crippen LogP contribution in [0.2, 0.25) is 0 Å². The number of aliphatic hydroxyl groups excluding tert-OH is 1.